The van der Waals surface area contributed by atoms with Crippen LogP contribution < -0.4 is 10.0 Å². The minimum atomic E-state index is -3.59. The third kappa shape index (κ3) is 3.73. The van der Waals surface area contributed by atoms with Crippen LogP contribution in [-0.4, -0.2) is 15.0 Å². The van der Waals surface area contributed by atoms with E-state index in [4.69, 9.17) is 11.6 Å². The van der Waals surface area contributed by atoms with Crippen molar-refractivity contribution in [3.63, 3.8) is 0 Å². The van der Waals surface area contributed by atoms with Gasteiger partial charge in [0.25, 0.3) is 10.0 Å². The van der Waals surface area contributed by atoms with E-state index in [1.54, 1.807) is 35.7 Å². The molecule has 0 aliphatic heterocycles. The van der Waals surface area contributed by atoms with Crippen molar-refractivity contribution in [2.45, 2.75) is 18.4 Å². The Labute approximate surface area is 127 Å². The Morgan fingerprint density at radius 1 is 1.30 bits per heavy atom. The lowest BCUT2D eigenvalue weighted by molar-refractivity contribution is 0.599. The SMILES string of the molecule is CCNCc1sccc1S(=O)(=O)Nc1cccc(Cl)c1. The summed E-state index contributed by atoms with van der Waals surface area (Å²) >= 11 is 7.28. The molecule has 0 unspecified atom stereocenters. The molecule has 0 radical (unpaired) electrons. The summed E-state index contributed by atoms with van der Waals surface area (Å²) in [5.41, 5.74) is 0.457. The molecule has 20 heavy (non-hydrogen) atoms. The van der Waals surface area contributed by atoms with Gasteiger partial charge in [-0.1, -0.05) is 24.6 Å². The summed E-state index contributed by atoms with van der Waals surface area (Å²) in [6.07, 6.45) is 0. The molecule has 0 fully saturated rings. The van der Waals surface area contributed by atoms with E-state index in [1.807, 2.05) is 6.92 Å². The zero-order chi connectivity index (χ0) is 14.6. The first kappa shape index (κ1) is 15.3. The van der Waals surface area contributed by atoms with Gasteiger partial charge >= 0.3 is 0 Å². The molecule has 2 rings (SSSR count). The van der Waals surface area contributed by atoms with E-state index in [9.17, 15) is 8.42 Å². The molecule has 1 heterocycles. The fourth-order valence-electron chi connectivity index (χ4n) is 1.70. The minimum absolute atomic E-state index is 0.309. The molecule has 0 atom stereocenters. The van der Waals surface area contributed by atoms with E-state index < -0.39 is 10.0 Å². The van der Waals surface area contributed by atoms with Crippen LogP contribution in [0.3, 0.4) is 0 Å². The van der Waals surface area contributed by atoms with Gasteiger partial charge in [0.2, 0.25) is 0 Å². The summed E-state index contributed by atoms with van der Waals surface area (Å²) in [5.74, 6) is 0. The fourth-order valence-corrected chi connectivity index (χ4v) is 4.35. The predicted molar refractivity (Wildman–Crippen MR) is 84.0 cm³/mol. The Morgan fingerprint density at radius 2 is 2.10 bits per heavy atom. The lowest BCUT2D eigenvalue weighted by Gasteiger charge is -2.09. The van der Waals surface area contributed by atoms with Crippen LogP contribution in [0.15, 0.2) is 40.6 Å². The Hall–Kier alpha value is -1.08. The van der Waals surface area contributed by atoms with Crippen molar-refractivity contribution in [1.29, 1.82) is 0 Å². The van der Waals surface area contributed by atoms with Gasteiger partial charge in [0.15, 0.2) is 0 Å². The largest absolute Gasteiger partial charge is 0.312 e. The van der Waals surface area contributed by atoms with Gasteiger partial charge < -0.3 is 5.32 Å². The number of halogens is 1. The fraction of sp³-hybridized carbons (Fsp3) is 0.231. The summed E-state index contributed by atoms with van der Waals surface area (Å²) in [5, 5.41) is 5.40. The van der Waals surface area contributed by atoms with Gasteiger partial charge in [-0.3, -0.25) is 4.72 Å². The minimum Gasteiger partial charge on any atom is -0.312 e. The number of thiophene rings is 1. The van der Waals surface area contributed by atoms with Crippen molar-refractivity contribution in [2.24, 2.45) is 0 Å². The lowest BCUT2D eigenvalue weighted by Crippen LogP contribution is -2.17. The number of nitrogens with one attached hydrogen (secondary N) is 2. The standard InChI is InChI=1S/C13H15ClN2O2S2/c1-2-15-9-12-13(6-7-19-12)20(17,18)16-11-5-3-4-10(14)8-11/h3-8,15-16H,2,9H2,1H3. The third-order valence-electron chi connectivity index (χ3n) is 2.61. The van der Waals surface area contributed by atoms with Crippen molar-refractivity contribution in [2.75, 3.05) is 11.3 Å². The summed E-state index contributed by atoms with van der Waals surface area (Å²) in [4.78, 5) is 1.10. The van der Waals surface area contributed by atoms with Crippen LogP contribution in [0.2, 0.25) is 5.02 Å². The number of rotatable bonds is 6. The van der Waals surface area contributed by atoms with Crippen LogP contribution in [-0.2, 0) is 16.6 Å². The third-order valence-corrected chi connectivity index (χ3v) is 5.36. The molecule has 0 saturated heterocycles. The van der Waals surface area contributed by atoms with Crippen LogP contribution in [0, 0.1) is 0 Å². The van der Waals surface area contributed by atoms with Crippen molar-refractivity contribution in [3.8, 4) is 0 Å². The summed E-state index contributed by atoms with van der Waals surface area (Å²) in [6, 6.07) is 8.26. The molecule has 7 heteroatoms. The number of hydrogen-bond acceptors (Lipinski definition) is 4. The van der Waals surface area contributed by atoms with Crippen LogP contribution in [0.4, 0.5) is 5.69 Å². The van der Waals surface area contributed by atoms with Crippen molar-refractivity contribution < 1.29 is 8.42 Å². The molecule has 108 valence electrons. The van der Waals surface area contributed by atoms with Gasteiger partial charge in [0, 0.05) is 16.4 Å². The molecule has 1 aromatic heterocycles. The average molecular weight is 331 g/mol. The zero-order valence-electron chi connectivity index (χ0n) is 10.9. The maximum atomic E-state index is 12.4. The van der Waals surface area contributed by atoms with E-state index in [-0.39, 0.29) is 0 Å². The highest BCUT2D eigenvalue weighted by atomic mass is 35.5. The molecular weight excluding hydrogens is 316 g/mol. The first-order valence-corrected chi connectivity index (χ1v) is 8.82. The molecule has 2 N–H and O–H groups in total. The lowest BCUT2D eigenvalue weighted by atomic mass is 10.3. The van der Waals surface area contributed by atoms with Crippen LogP contribution >= 0.6 is 22.9 Å². The van der Waals surface area contributed by atoms with Crippen molar-refractivity contribution in [3.05, 3.63) is 45.6 Å². The maximum Gasteiger partial charge on any atom is 0.263 e. The highest BCUT2D eigenvalue weighted by molar-refractivity contribution is 7.93. The summed E-state index contributed by atoms with van der Waals surface area (Å²) in [6.45, 7) is 3.31. The number of hydrogen-bond donors (Lipinski definition) is 2. The van der Waals surface area contributed by atoms with E-state index in [1.165, 1.54) is 11.3 Å². The predicted octanol–water partition coefficient (Wildman–Crippen LogP) is 3.31. The number of anilines is 1. The maximum absolute atomic E-state index is 12.4. The monoisotopic (exact) mass is 330 g/mol. The molecule has 0 spiro atoms. The summed E-state index contributed by atoms with van der Waals surface area (Å²) in [7, 11) is -3.59. The van der Waals surface area contributed by atoms with Gasteiger partial charge in [0.1, 0.15) is 4.90 Å². The molecule has 0 bridgehead atoms. The van der Waals surface area contributed by atoms with Gasteiger partial charge in [-0.15, -0.1) is 11.3 Å². The van der Waals surface area contributed by atoms with Gasteiger partial charge in [-0.05, 0) is 36.2 Å². The molecular formula is C13H15ClN2O2S2. The highest BCUT2D eigenvalue weighted by Gasteiger charge is 2.19. The molecule has 0 aliphatic carbocycles. The Balaban J connectivity index is 2.24. The highest BCUT2D eigenvalue weighted by Crippen LogP contribution is 2.25. The second-order valence-corrected chi connectivity index (χ2v) is 7.19. The second-order valence-electron chi connectivity index (χ2n) is 4.10. The van der Waals surface area contributed by atoms with Crippen LogP contribution in [0.1, 0.15) is 11.8 Å². The molecule has 0 aliphatic rings. The zero-order valence-corrected chi connectivity index (χ0v) is 13.3. The van der Waals surface area contributed by atoms with Crippen molar-refractivity contribution in [1.82, 2.24) is 5.32 Å². The average Bonchev–Trinajstić information content (AvgIpc) is 2.85. The molecule has 0 saturated carbocycles. The smallest absolute Gasteiger partial charge is 0.263 e. The molecule has 4 nitrogen and oxygen atoms in total. The molecule has 2 aromatic rings. The molecule has 0 amide bonds. The topological polar surface area (TPSA) is 58.2 Å². The first-order chi connectivity index (χ1) is 9.53. The Morgan fingerprint density at radius 3 is 2.80 bits per heavy atom. The second kappa shape index (κ2) is 6.58. The molecule has 1 aromatic carbocycles. The number of sulfonamides is 1. The number of benzene rings is 1. The quantitative estimate of drug-likeness (QED) is 0.854. The van der Waals surface area contributed by atoms with Gasteiger partial charge in [-0.25, -0.2) is 8.42 Å². The van der Waals surface area contributed by atoms with Gasteiger partial charge in [0.05, 0.1) is 5.69 Å². The van der Waals surface area contributed by atoms with Gasteiger partial charge in [-0.2, -0.15) is 0 Å². The normalized spacial score (nSPS) is 11.5. The van der Waals surface area contributed by atoms with Crippen LogP contribution in [0.25, 0.3) is 0 Å². The summed E-state index contributed by atoms with van der Waals surface area (Å²) < 4.78 is 27.3. The van der Waals surface area contributed by atoms with E-state index in [0.717, 1.165) is 11.4 Å². The van der Waals surface area contributed by atoms with E-state index in [0.29, 0.717) is 22.2 Å². The first-order valence-electron chi connectivity index (χ1n) is 6.08. The van der Waals surface area contributed by atoms with Crippen LogP contribution in [0.5, 0.6) is 0 Å². The Kier molecular flexibility index (Phi) is 5.04. The van der Waals surface area contributed by atoms with E-state index in [2.05, 4.69) is 10.0 Å². The van der Waals surface area contributed by atoms with E-state index >= 15 is 0 Å². The van der Waals surface area contributed by atoms with Crippen molar-refractivity contribution >= 4 is 38.6 Å². The Bertz CT molecular complexity index is 683.